The molecule has 12 heteroatoms. The highest BCUT2D eigenvalue weighted by atomic mass is 16.5. The standard InChI is InChI=1S/C22H28N8O4/c1-34-18-8-12(6-7-25-18)17-9-15(19-20(24)26-11-27-30(17)19)21(32)28-13-2-4-14(5-3-13)29-22(33)16(23)10-31/h6-9,11,13-14,16,31H,2-5,10,23H2,1H3,(H,28,32)(H,29,33)(H2,24,26,27)/t13?,14?,16-/m1/s1. The Bertz CT molecular complexity index is 1190. The lowest BCUT2D eigenvalue weighted by molar-refractivity contribution is -0.124. The number of nitrogens with zero attached hydrogens (tertiary/aromatic N) is 4. The van der Waals surface area contributed by atoms with Crippen molar-refractivity contribution in [2.24, 2.45) is 5.73 Å². The quantitative estimate of drug-likeness (QED) is 0.315. The zero-order valence-electron chi connectivity index (χ0n) is 18.8. The molecule has 3 aromatic rings. The van der Waals surface area contributed by atoms with Gasteiger partial charge in [-0.05, 0) is 37.8 Å². The first-order valence-corrected chi connectivity index (χ1v) is 11.0. The Morgan fingerprint density at radius 3 is 2.59 bits per heavy atom. The molecule has 7 N–H and O–H groups in total. The highest BCUT2D eigenvalue weighted by Crippen LogP contribution is 2.29. The summed E-state index contributed by atoms with van der Waals surface area (Å²) in [4.78, 5) is 33.3. The molecule has 0 spiro atoms. The lowest BCUT2D eigenvalue weighted by Crippen LogP contribution is -2.49. The monoisotopic (exact) mass is 468 g/mol. The molecular weight excluding hydrogens is 440 g/mol. The maximum Gasteiger partial charge on any atom is 0.253 e. The number of anilines is 1. The number of aliphatic hydroxyl groups excluding tert-OH is 1. The highest BCUT2D eigenvalue weighted by Gasteiger charge is 2.27. The number of nitrogens with one attached hydrogen (secondary N) is 2. The Hall–Kier alpha value is -3.77. The molecule has 0 aromatic carbocycles. The van der Waals surface area contributed by atoms with Crippen molar-refractivity contribution < 1.29 is 19.4 Å². The largest absolute Gasteiger partial charge is 0.481 e. The number of hydrogen-bond donors (Lipinski definition) is 5. The first-order valence-electron chi connectivity index (χ1n) is 11.0. The molecule has 34 heavy (non-hydrogen) atoms. The second-order valence-electron chi connectivity index (χ2n) is 8.26. The second kappa shape index (κ2) is 10.0. The number of pyridine rings is 1. The third-order valence-electron chi connectivity index (χ3n) is 6.01. The summed E-state index contributed by atoms with van der Waals surface area (Å²) in [6, 6.07) is 4.25. The van der Waals surface area contributed by atoms with Gasteiger partial charge in [-0.15, -0.1) is 0 Å². The Balaban J connectivity index is 1.51. The summed E-state index contributed by atoms with van der Waals surface area (Å²) in [6.45, 7) is -0.399. The van der Waals surface area contributed by atoms with Gasteiger partial charge in [0, 0.05) is 29.9 Å². The zero-order chi connectivity index (χ0) is 24.2. The number of carbonyl (C=O) groups is 2. The Kier molecular flexibility index (Phi) is 6.89. The first-order chi connectivity index (χ1) is 16.4. The average Bonchev–Trinajstić information content (AvgIpc) is 3.26. The molecule has 0 unspecified atom stereocenters. The van der Waals surface area contributed by atoms with E-state index in [0.29, 0.717) is 48.3 Å². The molecule has 1 atom stereocenters. The van der Waals surface area contributed by atoms with Gasteiger partial charge >= 0.3 is 0 Å². The molecule has 1 saturated carbocycles. The number of aliphatic hydroxyl groups is 1. The Morgan fingerprint density at radius 2 is 1.91 bits per heavy atom. The number of nitrogen functional groups attached to an aromatic ring is 1. The molecule has 1 aliphatic rings. The van der Waals surface area contributed by atoms with Gasteiger partial charge in [-0.3, -0.25) is 9.59 Å². The van der Waals surface area contributed by atoms with Crippen LogP contribution in [-0.4, -0.2) is 68.3 Å². The maximum absolute atomic E-state index is 13.2. The van der Waals surface area contributed by atoms with Crippen molar-refractivity contribution >= 4 is 23.1 Å². The molecular formula is C22H28N8O4. The molecule has 1 fully saturated rings. The van der Waals surface area contributed by atoms with Crippen LogP contribution in [-0.2, 0) is 4.79 Å². The minimum Gasteiger partial charge on any atom is -0.481 e. The lowest BCUT2D eigenvalue weighted by atomic mass is 9.90. The summed E-state index contributed by atoms with van der Waals surface area (Å²) in [5.74, 6) is -0.0181. The van der Waals surface area contributed by atoms with E-state index in [9.17, 15) is 9.59 Å². The van der Waals surface area contributed by atoms with Gasteiger partial charge < -0.3 is 31.9 Å². The molecule has 0 aliphatic heterocycles. The van der Waals surface area contributed by atoms with E-state index in [1.54, 1.807) is 28.9 Å². The van der Waals surface area contributed by atoms with Gasteiger partial charge in [0.15, 0.2) is 5.82 Å². The van der Waals surface area contributed by atoms with E-state index < -0.39 is 12.6 Å². The number of amides is 2. The average molecular weight is 469 g/mol. The molecule has 0 bridgehead atoms. The van der Waals surface area contributed by atoms with Crippen LogP contribution in [0.1, 0.15) is 36.0 Å². The van der Waals surface area contributed by atoms with Crippen LogP contribution in [0.5, 0.6) is 5.88 Å². The number of hydrogen-bond acceptors (Lipinski definition) is 9. The van der Waals surface area contributed by atoms with Gasteiger partial charge in [-0.25, -0.2) is 14.5 Å². The number of methoxy groups -OCH3 is 1. The fourth-order valence-electron chi connectivity index (χ4n) is 4.16. The summed E-state index contributed by atoms with van der Waals surface area (Å²) in [5.41, 5.74) is 13.9. The second-order valence-corrected chi connectivity index (χ2v) is 8.26. The fraction of sp³-hybridized carbons (Fsp3) is 0.409. The summed E-state index contributed by atoms with van der Waals surface area (Å²) in [6.07, 6.45) is 5.72. The summed E-state index contributed by atoms with van der Waals surface area (Å²) < 4.78 is 6.80. The topological polar surface area (TPSA) is 183 Å². The SMILES string of the molecule is COc1cc(-c2cc(C(=O)NC3CCC(NC(=O)[C@H](N)CO)CC3)c3c(N)ncnn23)ccn1. The van der Waals surface area contributed by atoms with Gasteiger partial charge in [0.2, 0.25) is 11.8 Å². The van der Waals surface area contributed by atoms with Crippen LogP contribution >= 0.6 is 0 Å². The maximum atomic E-state index is 13.2. The molecule has 12 nitrogen and oxygen atoms in total. The van der Waals surface area contributed by atoms with Crippen molar-refractivity contribution in [1.82, 2.24) is 30.2 Å². The van der Waals surface area contributed by atoms with Gasteiger partial charge in [-0.2, -0.15) is 5.10 Å². The molecule has 180 valence electrons. The third-order valence-corrected chi connectivity index (χ3v) is 6.01. The minimum atomic E-state index is -0.928. The molecule has 0 radical (unpaired) electrons. The van der Waals surface area contributed by atoms with Crippen molar-refractivity contribution in [3.8, 4) is 17.1 Å². The first kappa shape index (κ1) is 23.4. The smallest absolute Gasteiger partial charge is 0.253 e. The lowest BCUT2D eigenvalue weighted by Gasteiger charge is -2.30. The van der Waals surface area contributed by atoms with Gasteiger partial charge in [0.25, 0.3) is 5.91 Å². The van der Waals surface area contributed by atoms with E-state index in [1.165, 1.54) is 13.4 Å². The van der Waals surface area contributed by atoms with E-state index in [0.717, 1.165) is 5.56 Å². The molecule has 4 rings (SSSR count). The van der Waals surface area contributed by atoms with Crippen molar-refractivity contribution in [3.05, 3.63) is 36.3 Å². The number of carbonyl (C=O) groups excluding carboxylic acids is 2. The van der Waals surface area contributed by atoms with Crippen LogP contribution in [0.3, 0.4) is 0 Å². The van der Waals surface area contributed by atoms with Crippen molar-refractivity contribution in [2.45, 2.75) is 43.8 Å². The molecule has 1 aliphatic carbocycles. The van der Waals surface area contributed by atoms with Crippen molar-refractivity contribution in [3.63, 3.8) is 0 Å². The fourth-order valence-corrected chi connectivity index (χ4v) is 4.16. The molecule has 0 saturated heterocycles. The van der Waals surface area contributed by atoms with Crippen LogP contribution in [0.2, 0.25) is 0 Å². The van der Waals surface area contributed by atoms with E-state index in [2.05, 4.69) is 25.7 Å². The van der Waals surface area contributed by atoms with E-state index >= 15 is 0 Å². The van der Waals surface area contributed by atoms with E-state index in [4.69, 9.17) is 21.3 Å². The van der Waals surface area contributed by atoms with Crippen molar-refractivity contribution in [1.29, 1.82) is 0 Å². The summed E-state index contributed by atoms with van der Waals surface area (Å²) in [7, 11) is 1.53. The molecule has 2 amide bonds. The Labute approximate surface area is 195 Å². The van der Waals surface area contributed by atoms with E-state index in [1.807, 2.05) is 0 Å². The predicted molar refractivity (Wildman–Crippen MR) is 124 cm³/mol. The summed E-state index contributed by atoms with van der Waals surface area (Å²) >= 11 is 0. The Morgan fingerprint density at radius 1 is 1.21 bits per heavy atom. The number of nitrogens with two attached hydrogens (primary N) is 2. The van der Waals surface area contributed by atoms with Crippen LogP contribution in [0, 0.1) is 0 Å². The van der Waals surface area contributed by atoms with Crippen LogP contribution < -0.4 is 26.8 Å². The highest BCUT2D eigenvalue weighted by molar-refractivity contribution is 6.05. The van der Waals surface area contributed by atoms with Gasteiger partial charge in [0.1, 0.15) is 17.9 Å². The van der Waals surface area contributed by atoms with E-state index in [-0.39, 0.29) is 29.7 Å². The minimum absolute atomic E-state index is 0.0362. The van der Waals surface area contributed by atoms with Crippen LogP contribution in [0.4, 0.5) is 5.82 Å². The third kappa shape index (κ3) is 4.77. The van der Waals surface area contributed by atoms with Gasteiger partial charge in [-0.1, -0.05) is 0 Å². The number of rotatable bonds is 7. The molecule has 3 aromatic heterocycles. The predicted octanol–water partition coefficient (Wildman–Crippen LogP) is -0.141. The number of fused-ring (bicyclic) bond motifs is 1. The normalized spacial score (nSPS) is 18.9. The molecule has 3 heterocycles. The van der Waals surface area contributed by atoms with Crippen LogP contribution in [0.15, 0.2) is 30.7 Å². The number of aromatic nitrogens is 4. The summed E-state index contributed by atoms with van der Waals surface area (Å²) in [5, 5.41) is 19.2. The zero-order valence-corrected chi connectivity index (χ0v) is 18.8. The van der Waals surface area contributed by atoms with Crippen molar-refractivity contribution in [2.75, 3.05) is 19.5 Å². The number of ether oxygens (including phenoxy) is 1. The van der Waals surface area contributed by atoms with Crippen LogP contribution in [0.25, 0.3) is 16.8 Å². The van der Waals surface area contributed by atoms with Gasteiger partial charge in [0.05, 0.1) is 25.0 Å².